The Morgan fingerprint density at radius 3 is 2.25 bits per heavy atom. The van der Waals surface area contributed by atoms with Gasteiger partial charge in [-0.25, -0.2) is 0 Å². The number of aliphatic hydroxyl groups excluding tert-OH is 1. The van der Waals surface area contributed by atoms with Crippen molar-refractivity contribution < 1.29 is 24.1 Å². The predicted octanol–water partition coefficient (Wildman–Crippen LogP) is 0.947. The van der Waals surface area contributed by atoms with E-state index in [0.717, 1.165) is 0 Å². The molecule has 0 aliphatic rings. The van der Waals surface area contributed by atoms with Crippen LogP contribution in [0.3, 0.4) is 0 Å². The van der Waals surface area contributed by atoms with E-state index in [0.29, 0.717) is 4.43 Å². The van der Waals surface area contributed by atoms with E-state index in [9.17, 15) is 5.11 Å². The fourth-order valence-corrected chi connectivity index (χ4v) is 1.83. The average Bonchev–Trinajstić information content (AvgIpc) is 2.31. The van der Waals surface area contributed by atoms with Gasteiger partial charge in [0, 0.05) is 18.6 Å². The number of halogens is 1. The molecule has 0 radical (unpaired) electrons. The Balaban J connectivity index is 4.19. The van der Waals surface area contributed by atoms with E-state index in [-0.39, 0.29) is 19.7 Å². The van der Waals surface area contributed by atoms with Crippen molar-refractivity contribution >= 4 is 22.6 Å². The maximum Gasteiger partial charge on any atom is 0.147 e. The van der Waals surface area contributed by atoms with Crippen molar-refractivity contribution in [1.82, 2.24) is 0 Å². The van der Waals surface area contributed by atoms with Crippen LogP contribution in [0.1, 0.15) is 0 Å². The molecule has 0 saturated carbocycles. The summed E-state index contributed by atoms with van der Waals surface area (Å²) in [4.78, 5) is 0. The van der Waals surface area contributed by atoms with Gasteiger partial charge in [-0.1, -0.05) is 28.7 Å². The molecule has 0 spiro atoms. The second kappa shape index (κ2) is 10.4. The summed E-state index contributed by atoms with van der Waals surface area (Å²) >= 11 is 2.13. The fraction of sp³-hybridized carbons (Fsp3) is 0.800. The molecule has 0 bridgehead atoms. The molecule has 6 heteroatoms. The third-order valence-electron chi connectivity index (χ3n) is 1.88. The first-order chi connectivity index (χ1) is 7.71. The van der Waals surface area contributed by atoms with Gasteiger partial charge in [0.05, 0.1) is 6.10 Å². The van der Waals surface area contributed by atoms with Gasteiger partial charge in [-0.3, -0.25) is 0 Å². The SMILES string of the molecule is C=C[C@@H](OCOC)[C@H](O)[C@@H](CI)OCOC. The molecular formula is C10H19IO5. The molecule has 3 atom stereocenters. The van der Waals surface area contributed by atoms with Crippen molar-refractivity contribution in [2.75, 3.05) is 32.2 Å². The molecule has 0 saturated heterocycles. The van der Waals surface area contributed by atoms with E-state index in [4.69, 9.17) is 18.9 Å². The maximum absolute atomic E-state index is 9.98. The molecule has 0 unspecified atom stereocenters. The summed E-state index contributed by atoms with van der Waals surface area (Å²) < 4.78 is 20.8. The Hall–Kier alpha value is 0.270. The van der Waals surface area contributed by atoms with E-state index in [1.165, 1.54) is 20.3 Å². The smallest absolute Gasteiger partial charge is 0.147 e. The van der Waals surface area contributed by atoms with Crippen LogP contribution in [0.4, 0.5) is 0 Å². The largest absolute Gasteiger partial charge is 0.387 e. The number of hydrogen-bond acceptors (Lipinski definition) is 5. The zero-order valence-electron chi connectivity index (χ0n) is 9.60. The Kier molecular flexibility index (Phi) is 10.6. The third kappa shape index (κ3) is 6.12. The van der Waals surface area contributed by atoms with Crippen LogP contribution in [0.2, 0.25) is 0 Å². The number of methoxy groups -OCH3 is 2. The highest BCUT2D eigenvalue weighted by atomic mass is 127. The molecule has 16 heavy (non-hydrogen) atoms. The van der Waals surface area contributed by atoms with Crippen molar-refractivity contribution in [3.05, 3.63) is 12.7 Å². The molecule has 0 aromatic rings. The lowest BCUT2D eigenvalue weighted by molar-refractivity contribution is -0.149. The Labute approximate surface area is 110 Å². The van der Waals surface area contributed by atoms with Gasteiger partial charge in [-0.2, -0.15) is 0 Å². The lowest BCUT2D eigenvalue weighted by atomic mass is 10.1. The summed E-state index contributed by atoms with van der Waals surface area (Å²) in [5, 5.41) is 9.98. The van der Waals surface area contributed by atoms with Gasteiger partial charge in [0.15, 0.2) is 0 Å². The first kappa shape index (κ1) is 16.3. The van der Waals surface area contributed by atoms with Crippen LogP contribution in [0.5, 0.6) is 0 Å². The molecule has 0 aliphatic heterocycles. The van der Waals surface area contributed by atoms with Crippen LogP contribution in [0.15, 0.2) is 12.7 Å². The minimum absolute atomic E-state index is 0.103. The molecule has 1 N–H and O–H groups in total. The maximum atomic E-state index is 9.98. The van der Waals surface area contributed by atoms with Crippen LogP contribution in [0, 0.1) is 0 Å². The van der Waals surface area contributed by atoms with Gasteiger partial charge in [-0.15, -0.1) is 6.58 Å². The van der Waals surface area contributed by atoms with Crippen LogP contribution in [-0.4, -0.2) is 55.7 Å². The van der Waals surface area contributed by atoms with Crippen LogP contribution in [0.25, 0.3) is 0 Å². The van der Waals surface area contributed by atoms with Gasteiger partial charge < -0.3 is 24.1 Å². The second-order valence-corrected chi connectivity index (χ2v) is 3.91. The molecular weight excluding hydrogens is 327 g/mol. The molecule has 5 nitrogen and oxygen atoms in total. The zero-order valence-corrected chi connectivity index (χ0v) is 11.8. The van der Waals surface area contributed by atoms with Crippen molar-refractivity contribution in [3.63, 3.8) is 0 Å². The number of alkyl halides is 1. The first-order valence-corrected chi connectivity index (χ1v) is 6.31. The normalized spacial score (nSPS) is 16.8. The van der Waals surface area contributed by atoms with Gasteiger partial charge in [-0.05, 0) is 0 Å². The van der Waals surface area contributed by atoms with E-state index in [1.807, 2.05) is 0 Å². The lowest BCUT2D eigenvalue weighted by Crippen LogP contribution is -2.41. The Morgan fingerprint density at radius 1 is 1.25 bits per heavy atom. The number of rotatable bonds is 10. The van der Waals surface area contributed by atoms with Gasteiger partial charge in [0.1, 0.15) is 25.8 Å². The van der Waals surface area contributed by atoms with Crippen molar-refractivity contribution in [2.24, 2.45) is 0 Å². The van der Waals surface area contributed by atoms with E-state index < -0.39 is 12.2 Å². The highest BCUT2D eigenvalue weighted by molar-refractivity contribution is 14.1. The first-order valence-electron chi connectivity index (χ1n) is 4.78. The number of ether oxygens (including phenoxy) is 4. The summed E-state index contributed by atoms with van der Waals surface area (Å²) in [6, 6.07) is 0. The summed E-state index contributed by atoms with van der Waals surface area (Å²) in [6.07, 6.45) is -0.143. The van der Waals surface area contributed by atoms with E-state index in [2.05, 4.69) is 29.2 Å². The summed E-state index contributed by atoms with van der Waals surface area (Å²) in [7, 11) is 3.05. The minimum Gasteiger partial charge on any atom is -0.387 e. The summed E-state index contributed by atoms with van der Waals surface area (Å²) in [5.74, 6) is 0. The van der Waals surface area contributed by atoms with Gasteiger partial charge >= 0.3 is 0 Å². The average molecular weight is 346 g/mol. The molecule has 0 fully saturated rings. The molecule has 0 rings (SSSR count). The van der Waals surface area contributed by atoms with Gasteiger partial charge in [0.25, 0.3) is 0 Å². The number of hydrogen-bond donors (Lipinski definition) is 1. The second-order valence-electron chi connectivity index (χ2n) is 3.03. The van der Waals surface area contributed by atoms with Crippen LogP contribution in [-0.2, 0) is 18.9 Å². The Morgan fingerprint density at radius 2 is 1.81 bits per heavy atom. The molecule has 0 aromatic heterocycles. The van der Waals surface area contributed by atoms with Crippen LogP contribution < -0.4 is 0 Å². The summed E-state index contributed by atoms with van der Waals surface area (Å²) in [6.45, 7) is 3.84. The lowest BCUT2D eigenvalue weighted by Gasteiger charge is -2.26. The monoisotopic (exact) mass is 346 g/mol. The molecule has 96 valence electrons. The standard InChI is InChI=1S/C10H19IO5/c1-4-8(15-6-13-2)10(12)9(5-11)16-7-14-3/h4,8-10,12H,1,5-7H2,2-3H3/t8-,9-,10+/m1/s1. The van der Waals surface area contributed by atoms with Crippen molar-refractivity contribution in [3.8, 4) is 0 Å². The highest BCUT2D eigenvalue weighted by Crippen LogP contribution is 2.12. The highest BCUT2D eigenvalue weighted by Gasteiger charge is 2.26. The predicted molar refractivity (Wildman–Crippen MR) is 68.6 cm³/mol. The van der Waals surface area contributed by atoms with Crippen LogP contribution >= 0.6 is 22.6 Å². The van der Waals surface area contributed by atoms with E-state index in [1.54, 1.807) is 0 Å². The quantitative estimate of drug-likeness (QED) is 0.276. The van der Waals surface area contributed by atoms with Crippen molar-refractivity contribution in [2.45, 2.75) is 18.3 Å². The number of aliphatic hydroxyl groups is 1. The fourth-order valence-electron chi connectivity index (χ4n) is 1.05. The molecule has 0 amide bonds. The molecule has 0 aromatic carbocycles. The Bertz CT molecular complexity index is 179. The zero-order chi connectivity index (χ0) is 12.4. The molecule has 0 heterocycles. The van der Waals surface area contributed by atoms with E-state index >= 15 is 0 Å². The topological polar surface area (TPSA) is 57.2 Å². The minimum atomic E-state index is -0.792. The summed E-state index contributed by atoms with van der Waals surface area (Å²) in [5.41, 5.74) is 0. The van der Waals surface area contributed by atoms with Crippen molar-refractivity contribution in [1.29, 1.82) is 0 Å². The van der Waals surface area contributed by atoms with Gasteiger partial charge in [0.2, 0.25) is 0 Å². The molecule has 0 aliphatic carbocycles. The third-order valence-corrected chi connectivity index (χ3v) is 2.75.